The lowest BCUT2D eigenvalue weighted by Gasteiger charge is -2.09. The molecule has 1 unspecified atom stereocenters. The van der Waals surface area contributed by atoms with Gasteiger partial charge in [-0.2, -0.15) is 5.10 Å². The summed E-state index contributed by atoms with van der Waals surface area (Å²) in [5.74, 6) is 0. The van der Waals surface area contributed by atoms with Crippen molar-refractivity contribution in [2.75, 3.05) is 0 Å². The first-order chi connectivity index (χ1) is 8.79. The molecule has 0 spiro atoms. The molecule has 0 saturated heterocycles. The van der Waals surface area contributed by atoms with Crippen molar-refractivity contribution in [1.82, 2.24) is 9.78 Å². The van der Waals surface area contributed by atoms with Crippen molar-refractivity contribution in [3.8, 4) is 0 Å². The minimum absolute atomic E-state index is 0.119. The monoisotopic (exact) mass is 250 g/mol. The second-order valence-electron chi connectivity index (χ2n) is 5.56. The van der Waals surface area contributed by atoms with E-state index in [1.165, 1.54) is 31.4 Å². The van der Waals surface area contributed by atoms with Gasteiger partial charge in [-0.05, 0) is 44.6 Å². The quantitative estimate of drug-likeness (QED) is 0.804. The lowest BCUT2D eigenvalue weighted by Crippen LogP contribution is -2.07. The van der Waals surface area contributed by atoms with Gasteiger partial charge in [-0.3, -0.25) is 4.68 Å². The van der Waals surface area contributed by atoms with Crippen LogP contribution in [0.3, 0.4) is 0 Å². The topological polar surface area (TPSA) is 38.0 Å². The summed E-state index contributed by atoms with van der Waals surface area (Å²) in [5, 5.41) is 14.3. The van der Waals surface area contributed by atoms with Crippen LogP contribution in [0.25, 0.3) is 0 Å². The Kier molecular flexibility index (Phi) is 5.24. The molecule has 1 aliphatic rings. The Labute approximate surface area is 110 Å². The molecule has 3 heteroatoms. The van der Waals surface area contributed by atoms with Gasteiger partial charge in [0.25, 0.3) is 0 Å². The highest BCUT2D eigenvalue weighted by molar-refractivity contribution is 5.00. The van der Waals surface area contributed by atoms with Crippen molar-refractivity contribution in [3.05, 3.63) is 18.0 Å². The molecule has 1 fully saturated rings. The third-order valence-corrected chi connectivity index (χ3v) is 3.95. The maximum Gasteiger partial charge on any atom is 0.0624 e. The maximum atomic E-state index is 9.68. The van der Waals surface area contributed by atoms with Crippen molar-refractivity contribution in [2.24, 2.45) is 0 Å². The highest BCUT2D eigenvalue weighted by Crippen LogP contribution is 2.28. The molecule has 1 heterocycles. The SMILES string of the molecule is CCCC(O)CCCc1ccn(C2CCCC2)n1. The molecule has 0 aromatic carbocycles. The summed E-state index contributed by atoms with van der Waals surface area (Å²) in [7, 11) is 0. The number of aryl methyl sites for hydroxylation is 1. The highest BCUT2D eigenvalue weighted by Gasteiger charge is 2.17. The average molecular weight is 250 g/mol. The van der Waals surface area contributed by atoms with E-state index >= 15 is 0 Å². The largest absolute Gasteiger partial charge is 0.393 e. The van der Waals surface area contributed by atoms with Gasteiger partial charge in [-0.25, -0.2) is 0 Å². The smallest absolute Gasteiger partial charge is 0.0624 e. The van der Waals surface area contributed by atoms with E-state index < -0.39 is 0 Å². The Morgan fingerprint density at radius 1 is 1.39 bits per heavy atom. The van der Waals surface area contributed by atoms with E-state index in [0.717, 1.165) is 32.1 Å². The second kappa shape index (κ2) is 6.93. The van der Waals surface area contributed by atoms with Crippen LogP contribution in [0.5, 0.6) is 0 Å². The van der Waals surface area contributed by atoms with Crippen LogP contribution in [0, 0.1) is 0 Å². The predicted octanol–water partition coefficient (Wildman–Crippen LogP) is 3.48. The van der Waals surface area contributed by atoms with Crippen LogP contribution in [0.2, 0.25) is 0 Å². The minimum Gasteiger partial charge on any atom is -0.393 e. The van der Waals surface area contributed by atoms with E-state index in [-0.39, 0.29) is 6.10 Å². The Hall–Kier alpha value is -0.830. The number of aromatic nitrogens is 2. The van der Waals surface area contributed by atoms with E-state index in [4.69, 9.17) is 0 Å². The van der Waals surface area contributed by atoms with Crippen molar-refractivity contribution in [1.29, 1.82) is 0 Å². The number of hydrogen-bond donors (Lipinski definition) is 1. The molecule has 0 radical (unpaired) electrons. The molecule has 2 rings (SSSR count). The van der Waals surface area contributed by atoms with Crippen LogP contribution >= 0.6 is 0 Å². The molecule has 18 heavy (non-hydrogen) atoms. The van der Waals surface area contributed by atoms with E-state index in [1.54, 1.807) is 0 Å². The third kappa shape index (κ3) is 3.84. The molecule has 1 aromatic rings. The van der Waals surface area contributed by atoms with Gasteiger partial charge in [0.05, 0.1) is 17.8 Å². The number of aliphatic hydroxyl groups is 1. The van der Waals surface area contributed by atoms with Crippen molar-refractivity contribution >= 4 is 0 Å². The van der Waals surface area contributed by atoms with E-state index in [0.29, 0.717) is 6.04 Å². The Bertz CT molecular complexity index is 342. The van der Waals surface area contributed by atoms with Crippen LogP contribution in [-0.2, 0) is 6.42 Å². The zero-order chi connectivity index (χ0) is 12.8. The van der Waals surface area contributed by atoms with Gasteiger partial charge in [0.2, 0.25) is 0 Å². The summed E-state index contributed by atoms with van der Waals surface area (Å²) in [6.07, 6.45) is 12.2. The molecule has 0 aliphatic heterocycles. The Morgan fingerprint density at radius 3 is 2.89 bits per heavy atom. The van der Waals surface area contributed by atoms with Crippen molar-refractivity contribution in [2.45, 2.75) is 76.9 Å². The molecule has 1 atom stereocenters. The lowest BCUT2D eigenvalue weighted by molar-refractivity contribution is 0.151. The molecule has 3 nitrogen and oxygen atoms in total. The van der Waals surface area contributed by atoms with E-state index in [1.807, 2.05) is 0 Å². The Morgan fingerprint density at radius 2 is 2.17 bits per heavy atom. The lowest BCUT2D eigenvalue weighted by atomic mass is 10.1. The first-order valence-electron chi connectivity index (χ1n) is 7.51. The van der Waals surface area contributed by atoms with Gasteiger partial charge in [0.1, 0.15) is 0 Å². The molecule has 0 amide bonds. The molecule has 1 aromatic heterocycles. The van der Waals surface area contributed by atoms with Crippen LogP contribution < -0.4 is 0 Å². The van der Waals surface area contributed by atoms with Crippen molar-refractivity contribution < 1.29 is 5.11 Å². The number of aliphatic hydroxyl groups excluding tert-OH is 1. The summed E-state index contributed by atoms with van der Waals surface area (Å²) in [5.41, 5.74) is 1.19. The van der Waals surface area contributed by atoms with Gasteiger partial charge in [0.15, 0.2) is 0 Å². The van der Waals surface area contributed by atoms with Gasteiger partial charge in [0, 0.05) is 6.20 Å². The molecule has 1 saturated carbocycles. The second-order valence-corrected chi connectivity index (χ2v) is 5.56. The predicted molar refractivity (Wildman–Crippen MR) is 73.6 cm³/mol. The third-order valence-electron chi connectivity index (χ3n) is 3.95. The standard InChI is InChI=1S/C15H26N2O/c1-2-6-15(18)10-5-7-13-11-12-17(16-13)14-8-3-4-9-14/h11-12,14-15,18H,2-10H2,1H3. The van der Waals surface area contributed by atoms with Gasteiger partial charge < -0.3 is 5.11 Å². The highest BCUT2D eigenvalue weighted by atomic mass is 16.3. The van der Waals surface area contributed by atoms with Crippen LogP contribution in [-0.4, -0.2) is 21.0 Å². The van der Waals surface area contributed by atoms with Gasteiger partial charge in [-0.1, -0.05) is 26.2 Å². The molecule has 1 aliphatic carbocycles. The molecular formula is C15H26N2O. The molecule has 0 bridgehead atoms. The summed E-state index contributed by atoms with van der Waals surface area (Å²) in [4.78, 5) is 0. The van der Waals surface area contributed by atoms with Crippen LogP contribution in [0.1, 0.15) is 70.0 Å². The summed E-state index contributed by atoms with van der Waals surface area (Å²) in [6.45, 7) is 2.12. The average Bonchev–Trinajstić information content (AvgIpc) is 2.99. The zero-order valence-corrected chi connectivity index (χ0v) is 11.5. The first-order valence-corrected chi connectivity index (χ1v) is 7.51. The molecule has 1 N–H and O–H groups in total. The zero-order valence-electron chi connectivity index (χ0n) is 11.5. The molecular weight excluding hydrogens is 224 g/mol. The number of hydrogen-bond acceptors (Lipinski definition) is 2. The van der Waals surface area contributed by atoms with Crippen LogP contribution in [0.4, 0.5) is 0 Å². The van der Waals surface area contributed by atoms with Gasteiger partial charge >= 0.3 is 0 Å². The fraction of sp³-hybridized carbons (Fsp3) is 0.800. The van der Waals surface area contributed by atoms with Crippen LogP contribution in [0.15, 0.2) is 12.3 Å². The normalized spacial score (nSPS) is 18.3. The maximum absolute atomic E-state index is 9.68. The fourth-order valence-corrected chi connectivity index (χ4v) is 2.88. The fourth-order valence-electron chi connectivity index (χ4n) is 2.88. The van der Waals surface area contributed by atoms with E-state index in [9.17, 15) is 5.11 Å². The summed E-state index contributed by atoms with van der Waals surface area (Å²) < 4.78 is 2.16. The van der Waals surface area contributed by atoms with Gasteiger partial charge in [-0.15, -0.1) is 0 Å². The van der Waals surface area contributed by atoms with Crippen molar-refractivity contribution in [3.63, 3.8) is 0 Å². The minimum atomic E-state index is -0.119. The molecule has 102 valence electrons. The Balaban J connectivity index is 1.73. The number of nitrogens with zero attached hydrogens (tertiary/aromatic N) is 2. The first kappa shape index (κ1) is 13.6. The summed E-state index contributed by atoms with van der Waals surface area (Å²) >= 11 is 0. The van der Waals surface area contributed by atoms with E-state index in [2.05, 4.69) is 29.0 Å². The summed E-state index contributed by atoms with van der Waals surface area (Å²) in [6, 6.07) is 2.79. The number of rotatable bonds is 7.